The fourth-order valence-corrected chi connectivity index (χ4v) is 2.08. The van der Waals surface area contributed by atoms with Crippen LogP contribution in [-0.2, 0) is 4.79 Å². The maximum absolute atomic E-state index is 12.5. The quantitative estimate of drug-likeness (QED) is 0.802. The summed E-state index contributed by atoms with van der Waals surface area (Å²) in [5.41, 5.74) is 0.798. The first-order valence-electron chi connectivity index (χ1n) is 7.57. The Morgan fingerprint density at radius 3 is 2.30 bits per heavy atom. The van der Waals surface area contributed by atoms with Crippen LogP contribution in [0.25, 0.3) is 0 Å². The number of hydrogen-bond acceptors (Lipinski definition) is 4. The van der Waals surface area contributed by atoms with Crippen LogP contribution in [0.4, 0.5) is 13.2 Å². The molecule has 0 radical (unpaired) electrons. The lowest BCUT2D eigenvalue weighted by Crippen LogP contribution is -2.38. The van der Waals surface area contributed by atoms with Crippen LogP contribution in [0.1, 0.15) is 27.7 Å². The lowest BCUT2D eigenvalue weighted by molar-refractivity contribution is -0.173. The number of carboxylic acid groups (broad SMARTS) is 1. The molecule has 0 unspecified atom stereocenters. The SMILES string of the molecule is C=C(NC(=O)C(F)(F)F)[C@@H](Oc1ccc(C(=O)O)nc1)c1ccc(C)cc1. The van der Waals surface area contributed by atoms with Crippen molar-refractivity contribution in [2.24, 2.45) is 0 Å². The number of carbonyl (C=O) groups excluding carboxylic acids is 1. The molecule has 1 amide bonds. The van der Waals surface area contributed by atoms with E-state index in [2.05, 4.69) is 11.6 Å². The first-order chi connectivity index (χ1) is 12.6. The maximum Gasteiger partial charge on any atom is 0.471 e. The van der Waals surface area contributed by atoms with Gasteiger partial charge in [0.15, 0.2) is 6.10 Å². The third kappa shape index (κ3) is 5.30. The van der Waals surface area contributed by atoms with Gasteiger partial charge in [-0.1, -0.05) is 36.4 Å². The first-order valence-corrected chi connectivity index (χ1v) is 7.57. The molecule has 0 aliphatic carbocycles. The Kier molecular flexibility index (Phi) is 5.84. The fourth-order valence-electron chi connectivity index (χ4n) is 2.08. The molecule has 2 N–H and O–H groups in total. The molecule has 0 aliphatic heterocycles. The molecule has 0 bridgehead atoms. The van der Waals surface area contributed by atoms with Crippen LogP contribution < -0.4 is 10.1 Å². The first kappa shape index (κ1) is 20.0. The Balaban J connectivity index is 2.29. The van der Waals surface area contributed by atoms with Gasteiger partial charge in [-0.25, -0.2) is 9.78 Å². The molecule has 142 valence electrons. The lowest BCUT2D eigenvalue weighted by atomic mass is 10.0. The van der Waals surface area contributed by atoms with Gasteiger partial charge < -0.3 is 15.2 Å². The second-order valence-electron chi connectivity index (χ2n) is 5.57. The van der Waals surface area contributed by atoms with E-state index in [0.29, 0.717) is 5.56 Å². The van der Waals surface area contributed by atoms with Crippen molar-refractivity contribution in [3.63, 3.8) is 0 Å². The number of aromatic carboxylic acids is 1. The number of aryl methyl sites for hydroxylation is 1. The summed E-state index contributed by atoms with van der Waals surface area (Å²) < 4.78 is 43.2. The summed E-state index contributed by atoms with van der Waals surface area (Å²) in [5.74, 6) is -3.32. The van der Waals surface area contributed by atoms with E-state index in [1.165, 1.54) is 12.1 Å². The summed E-state index contributed by atoms with van der Waals surface area (Å²) in [6, 6.07) is 9.15. The topological polar surface area (TPSA) is 88.5 Å². The van der Waals surface area contributed by atoms with E-state index >= 15 is 0 Å². The number of ether oxygens (including phenoxy) is 1. The van der Waals surface area contributed by atoms with Crippen LogP contribution in [0.2, 0.25) is 0 Å². The summed E-state index contributed by atoms with van der Waals surface area (Å²) in [5, 5.41) is 10.5. The zero-order valence-corrected chi connectivity index (χ0v) is 14.1. The molecule has 0 saturated heterocycles. The Morgan fingerprint density at radius 1 is 1.19 bits per heavy atom. The van der Waals surface area contributed by atoms with Crippen LogP contribution in [0.15, 0.2) is 54.9 Å². The lowest BCUT2D eigenvalue weighted by Gasteiger charge is -2.22. The monoisotopic (exact) mass is 380 g/mol. The van der Waals surface area contributed by atoms with Crippen molar-refractivity contribution in [2.45, 2.75) is 19.2 Å². The third-order valence-corrected chi connectivity index (χ3v) is 3.44. The van der Waals surface area contributed by atoms with Crippen molar-refractivity contribution in [1.82, 2.24) is 10.3 Å². The predicted molar refractivity (Wildman–Crippen MR) is 89.1 cm³/mol. The van der Waals surface area contributed by atoms with Crippen LogP contribution in [-0.4, -0.2) is 28.1 Å². The number of hydrogen-bond donors (Lipinski definition) is 2. The van der Waals surface area contributed by atoms with Crippen molar-refractivity contribution in [1.29, 1.82) is 0 Å². The van der Waals surface area contributed by atoms with E-state index in [9.17, 15) is 22.8 Å². The van der Waals surface area contributed by atoms with Crippen molar-refractivity contribution in [3.8, 4) is 5.75 Å². The molecule has 1 heterocycles. The average Bonchev–Trinajstić information content (AvgIpc) is 2.60. The van der Waals surface area contributed by atoms with Gasteiger partial charge in [0.1, 0.15) is 11.4 Å². The molecule has 1 aromatic carbocycles. The molecule has 0 fully saturated rings. The number of rotatable bonds is 6. The van der Waals surface area contributed by atoms with E-state index in [0.717, 1.165) is 11.8 Å². The third-order valence-electron chi connectivity index (χ3n) is 3.44. The molecule has 0 aliphatic rings. The van der Waals surface area contributed by atoms with Crippen LogP contribution in [0, 0.1) is 6.92 Å². The molecule has 1 aromatic heterocycles. The number of carboxylic acids is 1. The zero-order chi connectivity index (χ0) is 20.2. The average molecular weight is 380 g/mol. The Hall–Kier alpha value is -3.36. The number of amides is 1. The molecular weight excluding hydrogens is 365 g/mol. The van der Waals surface area contributed by atoms with E-state index in [-0.39, 0.29) is 17.1 Å². The van der Waals surface area contributed by atoms with Crippen molar-refractivity contribution >= 4 is 11.9 Å². The Morgan fingerprint density at radius 2 is 1.81 bits per heavy atom. The largest absolute Gasteiger partial charge is 0.478 e. The van der Waals surface area contributed by atoms with Crippen molar-refractivity contribution in [2.75, 3.05) is 0 Å². The molecule has 0 spiro atoms. The number of pyridine rings is 1. The van der Waals surface area contributed by atoms with Gasteiger partial charge in [0.2, 0.25) is 0 Å². The van der Waals surface area contributed by atoms with Crippen molar-refractivity contribution < 1.29 is 32.6 Å². The highest BCUT2D eigenvalue weighted by molar-refractivity contribution is 5.85. The minimum absolute atomic E-state index is 0.0907. The molecule has 6 nitrogen and oxygen atoms in total. The number of aromatic nitrogens is 1. The summed E-state index contributed by atoms with van der Waals surface area (Å²) >= 11 is 0. The molecule has 27 heavy (non-hydrogen) atoms. The number of benzene rings is 1. The standard InChI is InChI=1S/C18H15F3N2O4/c1-10-3-5-12(6-4-10)15(11(2)23-17(26)18(19,20)21)27-13-7-8-14(16(24)25)22-9-13/h3-9,15H,2H2,1H3,(H,23,26)(H,24,25)/t15-/m1/s1. The minimum Gasteiger partial charge on any atom is -0.478 e. The van der Waals surface area contributed by atoms with Gasteiger partial charge in [0.05, 0.1) is 11.9 Å². The van der Waals surface area contributed by atoms with Crippen LogP contribution in [0.3, 0.4) is 0 Å². The highest BCUT2D eigenvalue weighted by atomic mass is 19.4. The zero-order valence-electron chi connectivity index (χ0n) is 14.1. The summed E-state index contributed by atoms with van der Waals surface area (Å²) in [6.45, 7) is 5.31. The van der Waals surface area contributed by atoms with Gasteiger partial charge in [0.25, 0.3) is 0 Å². The molecule has 0 saturated carbocycles. The number of carbonyl (C=O) groups is 2. The second-order valence-corrected chi connectivity index (χ2v) is 5.57. The van der Waals surface area contributed by atoms with E-state index < -0.39 is 24.2 Å². The van der Waals surface area contributed by atoms with Gasteiger partial charge in [-0.05, 0) is 24.6 Å². The normalized spacial score (nSPS) is 12.1. The van der Waals surface area contributed by atoms with Gasteiger partial charge in [-0.3, -0.25) is 4.79 Å². The van der Waals surface area contributed by atoms with E-state index in [1.54, 1.807) is 29.6 Å². The number of halogens is 3. The smallest absolute Gasteiger partial charge is 0.471 e. The molecule has 2 rings (SSSR count). The number of nitrogens with one attached hydrogen (secondary N) is 1. The highest BCUT2D eigenvalue weighted by Crippen LogP contribution is 2.27. The van der Waals surface area contributed by atoms with Gasteiger partial charge in [-0.2, -0.15) is 13.2 Å². The van der Waals surface area contributed by atoms with Gasteiger partial charge in [0, 0.05) is 0 Å². The second kappa shape index (κ2) is 7.90. The van der Waals surface area contributed by atoms with Gasteiger partial charge in [-0.15, -0.1) is 0 Å². The summed E-state index contributed by atoms with van der Waals surface area (Å²) in [6.07, 6.45) is -5.11. The van der Waals surface area contributed by atoms with E-state index in [4.69, 9.17) is 9.84 Å². The molecule has 9 heteroatoms. The number of alkyl halides is 3. The van der Waals surface area contributed by atoms with Crippen LogP contribution >= 0.6 is 0 Å². The maximum atomic E-state index is 12.5. The van der Waals surface area contributed by atoms with Crippen LogP contribution in [0.5, 0.6) is 5.75 Å². The molecule has 2 aromatic rings. The fraction of sp³-hybridized carbons (Fsp3) is 0.167. The Labute approximate surface area is 152 Å². The number of nitrogens with zero attached hydrogens (tertiary/aromatic N) is 1. The summed E-state index contributed by atoms with van der Waals surface area (Å²) in [7, 11) is 0. The van der Waals surface area contributed by atoms with Crippen molar-refractivity contribution in [3.05, 3.63) is 71.7 Å². The van der Waals surface area contributed by atoms with Gasteiger partial charge >= 0.3 is 18.1 Å². The molecular formula is C18H15F3N2O4. The highest BCUT2D eigenvalue weighted by Gasteiger charge is 2.39. The predicted octanol–water partition coefficient (Wildman–Crippen LogP) is 3.40. The molecule has 1 atom stereocenters. The van der Waals surface area contributed by atoms with E-state index in [1.807, 2.05) is 6.92 Å². The minimum atomic E-state index is -5.08. The Bertz CT molecular complexity index is 846. The summed E-state index contributed by atoms with van der Waals surface area (Å²) in [4.78, 5) is 25.7.